The first kappa shape index (κ1) is 23.0. The first-order valence-electron chi connectivity index (χ1n) is 11.2. The van der Waals surface area contributed by atoms with E-state index in [1.54, 1.807) is 30.0 Å². The van der Waals surface area contributed by atoms with Crippen molar-refractivity contribution in [3.63, 3.8) is 0 Å². The van der Waals surface area contributed by atoms with Crippen molar-refractivity contribution >= 4 is 56.8 Å². The van der Waals surface area contributed by atoms with Gasteiger partial charge in [0.05, 0.1) is 16.3 Å². The number of aliphatic hydroxyl groups is 1. The van der Waals surface area contributed by atoms with Gasteiger partial charge in [-0.2, -0.15) is 15.0 Å². The van der Waals surface area contributed by atoms with Crippen LogP contribution in [0.1, 0.15) is 46.0 Å². The van der Waals surface area contributed by atoms with Crippen LogP contribution in [-0.2, 0) is 0 Å². The van der Waals surface area contributed by atoms with E-state index < -0.39 is 6.10 Å². The minimum absolute atomic E-state index is 0.286. The minimum atomic E-state index is -0.500. The van der Waals surface area contributed by atoms with Crippen molar-refractivity contribution in [2.45, 2.75) is 62.4 Å². The Kier molecular flexibility index (Phi) is 7.64. The van der Waals surface area contributed by atoms with Crippen LogP contribution in [0.4, 0.5) is 23.5 Å². The lowest BCUT2D eigenvalue weighted by Gasteiger charge is -2.28. The molecular weight excluding hydrogens is 442 g/mol. The molecule has 8 nitrogen and oxygen atoms in total. The van der Waals surface area contributed by atoms with Gasteiger partial charge < -0.3 is 21.1 Å². The van der Waals surface area contributed by atoms with Crippen LogP contribution in [-0.4, -0.2) is 50.0 Å². The number of aliphatic hydroxyl groups excluding tert-OH is 1. The minimum Gasteiger partial charge on any atom is -0.392 e. The van der Waals surface area contributed by atoms with Crippen LogP contribution in [0.15, 0.2) is 22.5 Å². The Hall–Kier alpha value is -2.17. The molecule has 0 saturated heterocycles. The van der Waals surface area contributed by atoms with E-state index >= 15 is 0 Å². The molecule has 1 aliphatic rings. The van der Waals surface area contributed by atoms with Crippen LogP contribution in [0.3, 0.4) is 0 Å². The standard InChI is InChI=1S/C22H31N7OS2/c1-13(30)12-23-19-27-20(24-14(2)15-7-5-4-6-8-15)29-21(28-19)25-16-9-10-17-18(11-16)32-22(26-17)31-3/h9-11,13-15,30H,4-8,12H2,1-3H3,(H3,23,24,25,27,28,29). The van der Waals surface area contributed by atoms with Crippen LogP contribution >= 0.6 is 23.1 Å². The zero-order valence-corrected chi connectivity index (χ0v) is 20.4. The molecule has 1 aromatic carbocycles. The highest BCUT2D eigenvalue weighted by Crippen LogP contribution is 2.31. The molecule has 2 unspecified atom stereocenters. The van der Waals surface area contributed by atoms with Gasteiger partial charge in [-0.05, 0) is 57.1 Å². The fraction of sp³-hybridized carbons (Fsp3) is 0.545. The summed E-state index contributed by atoms with van der Waals surface area (Å²) in [6, 6.07) is 6.34. The number of thiazole rings is 1. The number of aromatic nitrogens is 4. The van der Waals surface area contributed by atoms with Gasteiger partial charge in [0, 0.05) is 18.3 Å². The smallest absolute Gasteiger partial charge is 0.233 e. The zero-order valence-electron chi connectivity index (χ0n) is 18.8. The molecule has 0 spiro atoms. The second kappa shape index (κ2) is 10.6. The second-order valence-corrected chi connectivity index (χ2v) is 10.4. The van der Waals surface area contributed by atoms with E-state index in [0.29, 0.717) is 30.3 Å². The Morgan fingerprint density at radius 3 is 2.56 bits per heavy atom. The average molecular weight is 474 g/mol. The molecule has 2 atom stereocenters. The lowest BCUT2D eigenvalue weighted by atomic mass is 9.85. The molecule has 10 heteroatoms. The van der Waals surface area contributed by atoms with Gasteiger partial charge in [-0.3, -0.25) is 0 Å². The van der Waals surface area contributed by atoms with E-state index in [9.17, 15) is 5.11 Å². The van der Waals surface area contributed by atoms with Crippen LogP contribution < -0.4 is 16.0 Å². The summed E-state index contributed by atoms with van der Waals surface area (Å²) in [5.41, 5.74) is 1.89. The molecule has 32 heavy (non-hydrogen) atoms. The number of rotatable bonds is 9. The van der Waals surface area contributed by atoms with Crippen LogP contribution in [0.25, 0.3) is 10.2 Å². The maximum Gasteiger partial charge on any atom is 0.233 e. The molecular formula is C22H31N7OS2. The Morgan fingerprint density at radius 2 is 1.81 bits per heavy atom. The Morgan fingerprint density at radius 1 is 1.06 bits per heavy atom. The highest BCUT2D eigenvalue weighted by molar-refractivity contribution is 8.00. The van der Waals surface area contributed by atoms with E-state index in [1.165, 1.54) is 32.1 Å². The maximum atomic E-state index is 9.65. The highest BCUT2D eigenvalue weighted by Gasteiger charge is 2.21. The van der Waals surface area contributed by atoms with Crippen molar-refractivity contribution in [2.75, 3.05) is 28.8 Å². The van der Waals surface area contributed by atoms with Crippen molar-refractivity contribution in [3.05, 3.63) is 18.2 Å². The number of hydrogen-bond acceptors (Lipinski definition) is 10. The molecule has 1 saturated carbocycles. The average Bonchev–Trinajstić information content (AvgIpc) is 3.21. The van der Waals surface area contributed by atoms with E-state index in [-0.39, 0.29) is 6.04 Å². The SMILES string of the molecule is CSc1nc2ccc(Nc3nc(NCC(C)O)nc(NC(C)C4CCCCC4)n3)cc2s1. The molecule has 0 radical (unpaired) electrons. The fourth-order valence-corrected chi connectivity index (χ4v) is 5.50. The first-order valence-corrected chi connectivity index (χ1v) is 13.2. The maximum absolute atomic E-state index is 9.65. The van der Waals surface area contributed by atoms with Gasteiger partial charge in [-0.15, -0.1) is 11.3 Å². The van der Waals surface area contributed by atoms with Crippen molar-refractivity contribution in [3.8, 4) is 0 Å². The highest BCUT2D eigenvalue weighted by atomic mass is 32.2. The number of anilines is 4. The lowest BCUT2D eigenvalue weighted by molar-refractivity contribution is 0.208. The van der Waals surface area contributed by atoms with Crippen molar-refractivity contribution < 1.29 is 5.11 Å². The summed E-state index contributed by atoms with van der Waals surface area (Å²) in [5.74, 6) is 2.06. The molecule has 4 N–H and O–H groups in total. The summed E-state index contributed by atoms with van der Waals surface area (Å²) in [6.07, 6.45) is 7.93. The summed E-state index contributed by atoms with van der Waals surface area (Å²) in [6.45, 7) is 4.30. The van der Waals surface area contributed by atoms with Gasteiger partial charge in [0.25, 0.3) is 0 Å². The third-order valence-electron chi connectivity index (χ3n) is 5.70. The number of thioether (sulfide) groups is 1. The van der Waals surface area contributed by atoms with E-state index in [2.05, 4.69) is 48.9 Å². The molecule has 4 rings (SSSR count). The molecule has 2 heterocycles. The summed E-state index contributed by atoms with van der Waals surface area (Å²) in [4.78, 5) is 18.3. The lowest BCUT2D eigenvalue weighted by Crippen LogP contribution is -2.29. The molecule has 1 fully saturated rings. The Balaban J connectivity index is 1.55. The zero-order chi connectivity index (χ0) is 22.5. The van der Waals surface area contributed by atoms with Crippen molar-refractivity contribution in [1.82, 2.24) is 19.9 Å². The molecule has 0 bridgehead atoms. The van der Waals surface area contributed by atoms with Gasteiger partial charge in [0.15, 0.2) is 4.34 Å². The number of nitrogens with one attached hydrogen (secondary N) is 3. The van der Waals surface area contributed by atoms with Crippen LogP contribution in [0.5, 0.6) is 0 Å². The molecule has 1 aliphatic carbocycles. The number of hydrogen-bond donors (Lipinski definition) is 4. The topological polar surface area (TPSA) is 108 Å². The van der Waals surface area contributed by atoms with Crippen LogP contribution in [0.2, 0.25) is 0 Å². The van der Waals surface area contributed by atoms with Gasteiger partial charge in [-0.25, -0.2) is 4.98 Å². The number of benzene rings is 1. The van der Waals surface area contributed by atoms with Crippen LogP contribution in [0, 0.1) is 5.92 Å². The molecule has 0 amide bonds. The van der Waals surface area contributed by atoms with Gasteiger partial charge >= 0.3 is 0 Å². The largest absolute Gasteiger partial charge is 0.392 e. The normalized spacial score (nSPS) is 16.6. The Bertz CT molecular complexity index is 1040. The quantitative estimate of drug-likeness (QED) is 0.315. The van der Waals surface area contributed by atoms with Gasteiger partial charge in [0.2, 0.25) is 17.8 Å². The molecule has 172 valence electrons. The fourth-order valence-electron chi connectivity index (χ4n) is 3.97. The van der Waals surface area contributed by atoms with Gasteiger partial charge in [0.1, 0.15) is 0 Å². The van der Waals surface area contributed by atoms with E-state index in [4.69, 9.17) is 0 Å². The monoisotopic (exact) mass is 473 g/mol. The summed E-state index contributed by atoms with van der Waals surface area (Å²) < 4.78 is 2.16. The number of fused-ring (bicyclic) bond motifs is 1. The second-order valence-electron chi connectivity index (χ2n) is 8.36. The predicted molar refractivity (Wildman–Crippen MR) is 134 cm³/mol. The summed E-state index contributed by atoms with van der Waals surface area (Å²) in [7, 11) is 0. The van der Waals surface area contributed by atoms with Crippen molar-refractivity contribution in [2.24, 2.45) is 5.92 Å². The van der Waals surface area contributed by atoms with E-state index in [0.717, 1.165) is 20.2 Å². The summed E-state index contributed by atoms with van der Waals surface area (Å²) >= 11 is 3.32. The molecule has 3 aromatic rings. The molecule has 0 aliphatic heterocycles. The van der Waals surface area contributed by atoms with E-state index in [1.807, 2.05) is 18.4 Å². The first-order chi connectivity index (χ1) is 15.5. The predicted octanol–water partition coefficient (Wildman–Crippen LogP) is 5.12. The Labute approximate surface area is 197 Å². The third kappa shape index (κ3) is 5.99. The summed E-state index contributed by atoms with van der Waals surface area (Å²) in [5, 5.41) is 19.6. The van der Waals surface area contributed by atoms with Gasteiger partial charge in [-0.1, -0.05) is 31.0 Å². The molecule has 2 aromatic heterocycles. The number of nitrogens with zero attached hydrogens (tertiary/aromatic N) is 4. The third-order valence-corrected chi connectivity index (χ3v) is 7.71. The van der Waals surface area contributed by atoms with Crippen molar-refractivity contribution in [1.29, 1.82) is 0 Å².